The Labute approximate surface area is 167 Å². The van der Waals surface area contributed by atoms with E-state index in [-0.39, 0.29) is 23.3 Å². The van der Waals surface area contributed by atoms with Crippen molar-refractivity contribution in [3.8, 4) is 17.4 Å². The summed E-state index contributed by atoms with van der Waals surface area (Å²) in [6, 6.07) is 24.3. The quantitative estimate of drug-likeness (QED) is 0.544. The number of carbonyl (C=O) groups is 1. The summed E-state index contributed by atoms with van der Waals surface area (Å²) in [4.78, 5) is 25.6. The summed E-state index contributed by atoms with van der Waals surface area (Å²) in [5.41, 5.74) is 2.38. The maximum atomic E-state index is 13.1. The third kappa shape index (κ3) is 4.11. The first-order valence-corrected chi connectivity index (χ1v) is 9.10. The molecule has 2 aromatic heterocycles. The molecule has 0 aliphatic heterocycles. The van der Waals surface area contributed by atoms with E-state index >= 15 is 0 Å². The molecule has 0 atom stereocenters. The molecule has 2 N–H and O–H groups in total. The van der Waals surface area contributed by atoms with Gasteiger partial charge in [-0.25, -0.2) is 4.98 Å². The summed E-state index contributed by atoms with van der Waals surface area (Å²) in [6.45, 7) is 0. The molecule has 4 aromatic rings. The molecular formula is C23H18N4O2. The molecule has 6 nitrogen and oxygen atoms in total. The molecule has 0 fully saturated rings. The molecule has 0 aliphatic rings. The molecule has 0 saturated carbocycles. The predicted octanol–water partition coefficient (Wildman–Crippen LogP) is 4.01. The summed E-state index contributed by atoms with van der Waals surface area (Å²) in [5, 5.41) is 13.1. The van der Waals surface area contributed by atoms with Crippen LogP contribution in [0.25, 0.3) is 11.5 Å². The number of anilines is 1. The average molecular weight is 382 g/mol. The highest BCUT2D eigenvalue weighted by atomic mass is 16.3. The number of aromatic hydroxyl groups is 1. The molecule has 0 saturated heterocycles. The van der Waals surface area contributed by atoms with Gasteiger partial charge in [-0.15, -0.1) is 0 Å². The zero-order valence-corrected chi connectivity index (χ0v) is 15.4. The second-order valence-corrected chi connectivity index (χ2v) is 6.39. The number of aromatic nitrogens is 3. The maximum Gasteiger partial charge on any atom is 0.239 e. The van der Waals surface area contributed by atoms with Gasteiger partial charge in [0.25, 0.3) is 0 Å². The summed E-state index contributed by atoms with van der Waals surface area (Å²) >= 11 is 0. The number of hydrogen-bond acceptors (Lipinski definition) is 5. The Kier molecular flexibility index (Phi) is 5.25. The van der Waals surface area contributed by atoms with E-state index in [0.717, 1.165) is 11.1 Å². The molecule has 0 unspecified atom stereocenters. The maximum absolute atomic E-state index is 13.1. The molecule has 6 heteroatoms. The number of hydrogen-bond donors (Lipinski definition) is 2. The number of benzene rings is 2. The largest absolute Gasteiger partial charge is 0.492 e. The highest BCUT2D eigenvalue weighted by molar-refractivity contribution is 5.98. The lowest BCUT2D eigenvalue weighted by Crippen LogP contribution is -2.22. The minimum atomic E-state index is -0.535. The van der Waals surface area contributed by atoms with Crippen molar-refractivity contribution >= 4 is 11.6 Å². The normalized spacial score (nSPS) is 10.7. The summed E-state index contributed by atoms with van der Waals surface area (Å²) in [7, 11) is 0. The molecule has 4 rings (SSSR count). The second kappa shape index (κ2) is 8.31. The van der Waals surface area contributed by atoms with Gasteiger partial charge in [-0.05, 0) is 23.3 Å². The minimum Gasteiger partial charge on any atom is -0.492 e. The van der Waals surface area contributed by atoms with Crippen molar-refractivity contribution in [3.63, 3.8) is 0 Å². The first-order chi connectivity index (χ1) is 14.2. The predicted molar refractivity (Wildman–Crippen MR) is 110 cm³/mol. The summed E-state index contributed by atoms with van der Waals surface area (Å²) < 4.78 is 0. The summed E-state index contributed by atoms with van der Waals surface area (Å²) in [5.74, 6) is -0.850. The van der Waals surface area contributed by atoms with Crippen molar-refractivity contribution < 1.29 is 9.90 Å². The number of nitrogens with zero attached hydrogens (tertiary/aromatic N) is 3. The number of pyridine rings is 1. The van der Waals surface area contributed by atoms with Crippen LogP contribution in [0, 0.1) is 0 Å². The van der Waals surface area contributed by atoms with Crippen LogP contribution in [0.2, 0.25) is 0 Å². The smallest absolute Gasteiger partial charge is 0.239 e. The van der Waals surface area contributed by atoms with Gasteiger partial charge in [-0.3, -0.25) is 9.78 Å². The molecule has 0 radical (unpaired) electrons. The van der Waals surface area contributed by atoms with E-state index in [9.17, 15) is 9.90 Å². The Morgan fingerprint density at radius 3 is 2.00 bits per heavy atom. The van der Waals surface area contributed by atoms with Crippen LogP contribution in [-0.4, -0.2) is 26.0 Å². The van der Waals surface area contributed by atoms with Crippen LogP contribution in [0.5, 0.6) is 5.88 Å². The van der Waals surface area contributed by atoms with Crippen molar-refractivity contribution in [2.75, 3.05) is 5.32 Å². The van der Waals surface area contributed by atoms with Gasteiger partial charge < -0.3 is 10.4 Å². The third-order valence-corrected chi connectivity index (χ3v) is 4.45. The monoisotopic (exact) mass is 382 g/mol. The fraction of sp³-hybridized carbons (Fsp3) is 0.0435. The van der Waals surface area contributed by atoms with Crippen LogP contribution in [0.15, 0.2) is 91.3 Å². The molecular weight excluding hydrogens is 364 g/mol. The molecule has 142 valence electrons. The average Bonchev–Trinajstić information content (AvgIpc) is 2.77. The second-order valence-electron chi connectivity index (χ2n) is 6.39. The lowest BCUT2D eigenvalue weighted by molar-refractivity contribution is -0.116. The van der Waals surface area contributed by atoms with E-state index in [1.165, 1.54) is 6.20 Å². The summed E-state index contributed by atoms with van der Waals surface area (Å²) in [6.07, 6.45) is 3.01. The molecule has 1 amide bonds. The van der Waals surface area contributed by atoms with E-state index in [0.29, 0.717) is 5.69 Å². The third-order valence-electron chi connectivity index (χ3n) is 4.45. The van der Waals surface area contributed by atoms with Gasteiger partial charge in [-0.1, -0.05) is 66.7 Å². The Morgan fingerprint density at radius 2 is 1.45 bits per heavy atom. The van der Waals surface area contributed by atoms with Gasteiger partial charge >= 0.3 is 0 Å². The van der Waals surface area contributed by atoms with Crippen LogP contribution in [-0.2, 0) is 4.79 Å². The molecule has 0 spiro atoms. The number of nitrogens with one attached hydrogen (secondary N) is 1. The number of carbonyl (C=O) groups excluding carboxylic acids is 1. The lowest BCUT2D eigenvalue weighted by atomic mass is 9.90. The molecule has 0 aliphatic carbocycles. The lowest BCUT2D eigenvalue weighted by Gasteiger charge is -2.18. The van der Waals surface area contributed by atoms with Crippen LogP contribution < -0.4 is 5.32 Å². The number of amides is 1. The first-order valence-electron chi connectivity index (χ1n) is 9.10. The molecule has 29 heavy (non-hydrogen) atoms. The van der Waals surface area contributed by atoms with Crippen LogP contribution >= 0.6 is 0 Å². The fourth-order valence-corrected chi connectivity index (χ4v) is 3.07. The number of rotatable bonds is 5. The van der Waals surface area contributed by atoms with Gasteiger partial charge in [0.05, 0.1) is 12.1 Å². The van der Waals surface area contributed by atoms with E-state index < -0.39 is 5.92 Å². The zero-order valence-electron chi connectivity index (χ0n) is 15.4. The van der Waals surface area contributed by atoms with Crippen molar-refractivity contribution in [2.45, 2.75) is 5.92 Å². The Balaban J connectivity index is 1.63. The van der Waals surface area contributed by atoms with Gasteiger partial charge in [0, 0.05) is 6.20 Å². The van der Waals surface area contributed by atoms with E-state index in [4.69, 9.17) is 0 Å². The van der Waals surface area contributed by atoms with E-state index in [1.54, 1.807) is 18.3 Å². The Morgan fingerprint density at radius 1 is 0.828 bits per heavy atom. The highest BCUT2D eigenvalue weighted by Crippen LogP contribution is 2.28. The van der Waals surface area contributed by atoms with Gasteiger partial charge in [-0.2, -0.15) is 4.98 Å². The van der Waals surface area contributed by atoms with E-state index in [2.05, 4.69) is 20.3 Å². The van der Waals surface area contributed by atoms with Gasteiger partial charge in [0.1, 0.15) is 11.4 Å². The van der Waals surface area contributed by atoms with Gasteiger partial charge in [0.15, 0.2) is 5.82 Å². The Hall–Kier alpha value is -4.06. The van der Waals surface area contributed by atoms with Crippen molar-refractivity contribution in [3.05, 3.63) is 102 Å². The minimum absolute atomic E-state index is 0.145. The van der Waals surface area contributed by atoms with Crippen molar-refractivity contribution in [1.82, 2.24) is 15.0 Å². The fourth-order valence-electron chi connectivity index (χ4n) is 3.07. The zero-order chi connectivity index (χ0) is 20.1. The van der Waals surface area contributed by atoms with Crippen LogP contribution in [0.4, 0.5) is 5.69 Å². The molecule has 2 aromatic carbocycles. The van der Waals surface area contributed by atoms with Crippen LogP contribution in [0.1, 0.15) is 17.0 Å². The Bertz CT molecular complexity index is 1060. The van der Waals surface area contributed by atoms with Gasteiger partial charge in [0.2, 0.25) is 11.8 Å². The van der Waals surface area contributed by atoms with Crippen molar-refractivity contribution in [2.24, 2.45) is 0 Å². The SMILES string of the molecule is O=C(Nc1cnc(-c2ccccn2)nc1O)C(c1ccccc1)c1ccccc1. The highest BCUT2D eigenvalue weighted by Gasteiger charge is 2.24. The van der Waals surface area contributed by atoms with Crippen molar-refractivity contribution in [1.29, 1.82) is 0 Å². The molecule has 2 heterocycles. The first kappa shape index (κ1) is 18.3. The van der Waals surface area contributed by atoms with E-state index in [1.807, 2.05) is 66.7 Å². The standard InChI is InChI=1S/C23H18N4O2/c28-22-19(15-25-21(27-22)18-13-7-8-14-24-18)26-23(29)20(16-9-3-1-4-10-16)17-11-5-2-6-12-17/h1-15,20H,(H,26,29)(H,25,27,28). The topological polar surface area (TPSA) is 88.0 Å². The molecule has 0 bridgehead atoms. The van der Waals surface area contributed by atoms with Crippen LogP contribution in [0.3, 0.4) is 0 Å².